The van der Waals surface area contributed by atoms with E-state index in [1.165, 1.54) is 19.2 Å². The lowest BCUT2D eigenvalue weighted by molar-refractivity contribution is -0.155. The van der Waals surface area contributed by atoms with Crippen molar-refractivity contribution in [1.29, 1.82) is 0 Å². The van der Waals surface area contributed by atoms with E-state index in [0.29, 0.717) is 22.3 Å². The first-order valence-corrected chi connectivity index (χ1v) is 12.3. The highest BCUT2D eigenvalue weighted by Crippen LogP contribution is 2.31. The molecule has 10 N–H and O–H groups in total. The van der Waals surface area contributed by atoms with Gasteiger partial charge in [-0.1, -0.05) is 12.1 Å². The van der Waals surface area contributed by atoms with Crippen molar-refractivity contribution < 1.29 is 34.4 Å². The molecule has 2 aromatic carbocycles. The molecule has 0 unspecified atom stereocenters. The lowest BCUT2D eigenvalue weighted by atomic mass is 9.95. The summed E-state index contributed by atoms with van der Waals surface area (Å²) in [7, 11) is 1.37. The fraction of sp³-hybridized carbons (Fsp3) is 0.423. The van der Waals surface area contributed by atoms with Gasteiger partial charge in [0.05, 0.1) is 12.1 Å². The summed E-state index contributed by atoms with van der Waals surface area (Å²) in [4.78, 5) is 40.7. The van der Waals surface area contributed by atoms with E-state index in [4.69, 9.17) is 21.9 Å². The number of phenols is 2. The Balaban J connectivity index is 0.00000533. The second kappa shape index (κ2) is 17.2. The van der Waals surface area contributed by atoms with E-state index < -0.39 is 42.0 Å². The normalized spacial score (nSPS) is 19.6. The van der Waals surface area contributed by atoms with Gasteiger partial charge in [-0.3, -0.25) is 9.59 Å². The summed E-state index contributed by atoms with van der Waals surface area (Å²) in [6.07, 6.45) is -1.51. The van der Waals surface area contributed by atoms with Crippen molar-refractivity contribution in [3.8, 4) is 22.6 Å². The van der Waals surface area contributed by atoms with Gasteiger partial charge in [0.15, 0.2) is 0 Å². The third kappa shape index (κ3) is 9.60. The Hall–Kier alpha value is -2.84. The largest absolute Gasteiger partial charge is 0.508 e. The molecule has 12 nitrogen and oxygen atoms in total. The molecule has 0 fully saturated rings. The fourth-order valence-electron chi connectivity index (χ4n) is 4.30. The number of rotatable bonds is 6. The summed E-state index contributed by atoms with van der Waals surface area (Å²) in [5.41, 5.74) is 19.3. The Morgan fingerprint density at radius 1 is 1.02 bits per heavy atom. The van der Waals surface area contributed by atoms with Crippen molar-refractivity contribution in [2.45, 2.75) is 43.5 Å². The van der Waals surface area contributed by atoms with E-state index in [9.17, 15) is 29.7 Å². The number of nitrogens with two attached hydrogens (primary N) is 3. The van der Waals surface area contributed by atoms with Crippen molar-refractivity contribution in [2.24, 2.45) is 17.2 Å². The SMILES string of the molecule is CN1C(=O)[C@H](C[C@@H](O)CN)NC(=O)[C@@H](N)Cc2cc(ccc2O)-c2ccc(O)c(c2)C[C@H]1C(=O)OCCN.Cl.Cl.Cl. The molecular formula is C26H38Cl3N5O7. The van der Waals surface area contributed by atoms with E-state index in [2.05, 4.69) is 5.32 Å². The van der Waals surface area contributed by atoms with Crippen molar-refractivity contribution in [1.82, 2.24) is 10.2 Å². The number of likely N-dealkylation sites (N-methyl/N-ethyl adjacent to an activating group) is 1. The number of amides is 2. The second-order valence-corrected chi connectivity index (χ2v) is 9.31. The molecule has 15 heteroatoms. The lowest BCUT2D eigenvalue weighted by Gasteiger charge is -2.31. The number of aliphatic hydroxyl groups excluding tert-OH is 1. The van der Waals surface area contributed by atoms with Gasteiger partial charge in [-0.2, -0.15) is 0 Å². The number of fused-ring (bicyclic) bond motifs is 5. The van der Waals surface area contributed by atoms with Crippen molar-refractivity contribution >= 4 is 55.0 Å². The number of hydrogen-bond acceptors (Lipinski definition) is 10. The highest BCUT2D eigenvalue weighted by Gasteiger charge is 2.35. The van der Waals surface area contributed by atoms with Gasteiger partial charge < -0.3 is 47.5 Å². The number of aromatic hydroxyl groups is 2. The average molecular weight is 639 g/mol. The highest BCUT2D eigenvalue weighted by atomic mass is 35.5. The van der Waals surface area contributed by atoms with Crippen LogP contribution in [0.25, 0.3) is 11.1 Å². The Morgan fingerprint density at radius 3 is 2.07 bits per heavy atom. The third-order valence-corrected chi connectivity index (χ3v) is 6.53. The summed E-state index contributed by atoms with van der Waals surface area (Å²) in [5.74, 6) is -2.30. The summed E-state index contributed by atoms with van der Waals surface area (Å²) in [6.45, 7) is -0.182. The standard InChI is InChI=1S/C26H35N5O7.3ClH/c1-31-21(26(37)38-7-6-27)11-17-9-15(3-5-23(17)34)14-2-4-22(33)16(8-14)10-19(29)24(35)30-20(25(31)36)12-18(32)13-28;;;/h2-5,8-9,18-21,32-34H,6-7,10-13,27-29H2,1H3,(H,30,35);3*1H/t18-,19+,20+,21+;;;/m1.../s1. The van der Waals surface area contributed by atoms with Crippen molar-refractivity contribution in [2.75, 3.05) is 26.7 Å². The van der Waals surface area contributed by atoms with E-state index in [0.717, 1.165) is 4.90 Å². The molecule has 0 saturated carbocycles. The quantitative estimate of drug-likeness (QED) is 0.210. The van der Waals surface area contributed by atoms with Crippen molar-refractivity contribution in [3.05, 3.63) is 47.5 Å². The number of ether oxygens (including phenoxy) is 1. The van der Waals surface area contributed by atoms with E-state index >= 15 is 0 Å². The Kier molecular flexibility index (Phi) is 16.0. The highest BCUT2D eigenvalue weighted by molar-refractivity contribution is 5.92. The minimum atomic E-state index is -1.27. The summed E-state index contributed by atoms with van der Waals surface area (Å²) in [6, 6.07) is 6.03. The number of hydrogen-bond donors (Lipinski definition) is 7. The maximum atomic E-state index is 13.6. The zero-order valence-electron chi connectivity index (χ0n) is 22.4. The van der Waals surface area contributed by atoms with Gasteiger partial charge >= 0.3 is 5.97 Å². The Labute approximate surface area is 256 Å². The molecule has 2 amide bonds. The van der Waals surface area contributed by atoms with Crippen LogP contribution in [0.3, 0.4) is 0 Å². The molecule has 4 bridgehead atoms. The number of carbonyl (C=O) groups is 3. The van der Waals surface area contributed by atoms with Crippen LogP contribution in [-0.2, 0) is 32.0 Å². The Bertz CT molecular complexity index is 1190. The molecule has 2 aromatic rings. The number of carbonyl (C=O) groups excluding carboxylic acids is 3. The first-order valence-electron chi connectivity index (χ1n) is 12.3. The number of nitrogens with one attached hydrogen (secondary N) is 1. The average Bonchev–Trinajstić information content (AvgIpc) is 2.90. The van der Waals surface area contributed by atoms with Crippen LogP contribution in [0, 0.1) is 0 Å². The molecule has 4 atom stereocenters. The number of nitrogens with zero attached hydrogens (tertiary/aromatic N) is 1. The smallest absolute Gasteiger partial charge is 0.329 e. The van der Waals surface area contributed by atoms with Crippen LogP contribution in [0.15, 0.2) is 36.4 Å². The van der Waals surface area contributed by atoms with Gasteiger partial charge in [0.2, 0.25) is 11.8 Å². The first-order chi connectivity index (χ1) is 18.0. The molecule has 41 heavy (non-hydrogen) atoms. The summed E-state index contributed by atoms with van der Waals surface area (Å²) < 4.78 is 5.23. The predicted molar refractivity (Wildman–Crippen MR) is 161 cm³/mol. The molecule has 0 aromatic heterocycles. The Morgan fingerprint density at radius 2 is 1.56 bits per heavy atom. The topological polar surface area (TPSA) is 214 Å². The van der Waals surface area contributed by atoms with Crippen LogP contribution in [0.1, 0.15) is 17.5 Å². The molecule has 0 saturated heterocycles. The van der Waals surface area contributed by atoms with E-state index in [-0.39, 0.29) is 87.7 Å². The summed E-state index contributed by atoms with van der Waals surface area (Å²) in [5, 5.41) is 33.7. The fourth-order valence-corrected chi connectivity index (χ4v) is 4.30. The van der Waals surface area contributed by atoms with Crippen LogP contribution >= 0.6 is 37.2 Å². The van der Waals surface area contributed by atoms with Crippen LogP contribution in [0.4, 0.5) is 0 Å². The van der Waals surface area contributed by atoms with Gasteiger partial charge in [-0.15, -0.1) is 37.2 Å². The molecule has 3 rings (SSSR count). The third-order valence-electron chi connectivity index (χ3n) is 6.53. The van der Waals surface area contributed by atoms with E-state index in [1.54, 1.807) is 24.3 Å². The van der Waals surface area contributed by atoms with Crippen LogP contribution in [0.2, 0.25) is 0 Å². The van der Waals surface area contributed by atoms with Crippen LogP contribution < -0.4 is 22.5 Å². The first kappa shape index (κ1) is 38.2. The maximum absolute atomic E-state index is 13.6. The molecule has 1 aliphatic heterocycles. The number of halogens is 3. The number of esters is 1. The van der Waals surface area contributed by atoms with Gasteiger partial charge in [0.25, 0.3) is 0 Å². The molecular weight excluding hydrogens is 601 g/mol. The minimum Gasteiger partial charge on any atom is -0.508 e. The zero-order chi connectivity index (χ0) is 28.0. The zero-order valence-corrected chi connectivity index (χ0v) is 24.8. The van der Waals surface area contributed by atoms with Crippen LogP contribution in [0.5, 0.6) is 11.5 Å². The predicted octanol–water partition coefficient (Wildman–Crippen LogP) is -0.0205. The van der Waals surface area contributed by atoms with Gasteiger partial charge in [0.1, 0.15) is 30.2 Å². The van der Waals surface area contributed by atoms with Crippen LogP contribution in [-0.4, -0.2) is 89.0 Å². The molecule has 1 aliphatic rings. The minimum absolute atomic E-state index is 0. The number of aliphatic hydroxyl groups is 1. The van der Waals surface area contributed by atoms with Gasteiger partial charge in [-0.25, -0.2) is 4.79 Å². The number of benzene rings is 2. The lowest BCUT2D eigenvalue weighted by Crippen LogP contribution is -2.56. The molecule has 0 spiro atoms. The molecule has 0 radical (unpaired) electrons. The monoisotopic (exact) mass is 637 g/mol. The maximum Gasteiger partial charge on any atom is 0.329 e. The molecule has 230 valence electrons. The van der Waals surface area contributed by atoms with Gasteiger partial charge in [0, 0.05) is 39.4 Å². The van der Waals surface area contributed by atoms with Crippen molar-refractivity contribution in [3.63, 3.8) is 0 Å². The molecule has 0 aliphatic carbocycles. The second-order valence-electron chi connectivity index (χ2n) is 9.31. The molecule has 1 heterocycles. The number of phenolic OH excluding ortho intramolecular Hbond substituents is 2. The summed E-state index contributed by atoms with van der Waals surface area (Å²) >= 11 is 0. The van der Waals surface area contributed by atoms with E-state index in [1.807, 2.05) is 0 Å². The van der Waals surface area contributed by atoms with Gasteiger partial charge in [-0.05, 0) is 46.5 Å².